The first-order chi connectivity index (χ1) is 15.6. The second-order valence-electron chi connectivity index (χ2n) is 9.71. The molecule has 0 heterocycles. The molecule has 180 valence electrons. The Hall–Kier alpha value is -2.31. The van der Waals surface area contributed by atoms with Gasteiger partial charge in [0.1, 0.15) is 0 Å². The van der Waals surface area contributed by atoms with Crippen LogP contribution in [0, 0.1) is 12.8 Å². The number of anilines is 1. The Bertz CT molecular complexity index is 888. The Labute approximate surface area is 203 Å². The van der Waals surface area contributed by atoms with Crippen molar-refractivity contribution >= 4 is 29.4 Å². The molecule has 0 radical (unpaired) electrons. The number of aryl methyl sites for hydroxylation is 2. The number of hydrogen-bond donors (Lipinski definition) is 3. The van der Waals surface area contributed by atoms with E-state index in [-0.39, 0.29) is 23.3 Å². The van der Waals surface area contributed by atoms with Crippen molar-refractivity contribution in [2.45, 2.75) is 83.1 Å². The van der Waals surface area contributed by atoms with Crippen LogP contribution >= 0.6 is 11.9 Å². The molecule has 1 saturated carbocycles. The van der Waals surface area contributed by atoms with Gasteiger partial charge in [0.2, 0.25) is 11.8 Å². The number of benzene rings is 2. The summed E-state index contributed by atoms with van der Waals surface area (Å²) in [6.45, 7) is 8.47. The summed E-state index contributed by atoms with van der Waals surface area (Å²) in [4.78, 5) is 23.9. The van der Waals surface area contributed by atoms with E-state index >= 15 is 0 Å². The van der Waals surface area contributed by atoms with Crippen molar-refractivity contribution in [3.05, 3.63) is 59.7 Å². The number of nitrogens with two attached hydrogens (primary N) is 1. The molecule has 0 aliphatic heterocycles. The lowest BCUT2D eigenvalue weighted by Gasteiger charge is -2.20. The fourth-order valence-electron chi connectivity index (χ4n) is 3.56. The standard InChI is InChI=1S/C20H26N2OS.C7H13NO/c1-15-14-17(11-12-18(15)24-22-20(2,3)4)21-19(23)13-10-16-8-6-5-7-9-16;8-7(9)6-4-2-1-3-5-6/h5-9,11-12,14,22H,10,13H2,1-4H3,(H,21,23);6H,1-5H2,(H2,8,9). The highest BCUT2D eigenvalue weighted by Gasteiger charge is 2.17. The molecular formula is C27H39N3O2S. The lowest BCUT2D eigenvalue weighted by molar-refractivity contribution is -0.122. The number of nitrogens with one attached hydrogen (secondary N) is 2. The molecule has 2 amide bonds. The minimum Gasteiger partial charge on any atom is -0.369 e. The molecule has 3 rings (SSSR count). The van der Waals surface area contributed by atoms with Gasteiger partial charge in [0.05, 0.1) is 0 Å². The average Bonchev–Trinajstić information content (AvgIpc) is 2.78. The molecular weight excluding hydrogens is 430 g/mol. The molecule has 2 aromatic carbocycles. The zero-order chi connectivity index (χ0) is 24.3. The van der Waals surface area contributed by atoms with Crippen LogP contribution in [0.25, 0.3) is 0 Å². The van der Waals surface area contributed by atoms with Crippen LogP contribution in [-0.2, 0) is 16.0 Å². The van der Waals surface area contributed by atoms with E-state index in [2.05, 4.69) is 37.7 Å². The van der Waals surface area contributed by atoms with Gasteiger partial charge in [-0.25, -0.2) is 0 Å². The summed E-state index contributed by atoms with van der Waals surface area (Å²) in [5.74, 6) is 0.139. The molecule has 33 heavy (non-hydrogen) atoms. The van der Waals surface area contributed by atoms with Crippen molar-refractivity contribution in [3.63, 3.8) is 0 Å². The average molecular weight is 470 g/mol. The summed E-state index contributed by atoms with van der Waals surface area (Å²) in [6, 6.07) is 16.1. The van der Waals surface area contributed by atoms with Crippen LogP contribution in [0.1, 0.15) is 70.4 Å². The first-order valence-electron chi connectivity index (χ1n) is 11.8. The SMILES string of the molecule is Cc1cc(NC(=O)CCc2ccccc2)ccc1SNC(C)(C)C.NC(=O)C1CCCCC1. The Morgan fingerprint density at radius 2 is 1.70 bits per heavy atom. The normalized spacial score (nSPS) is 14.2. The minimum atomic E-state index is -0.102. The maximum absolute atomic E-state index is 12.1. The highest BCUT2D eigenvalue weighted by molar-refractivity contribution is 7.97. The van der Waals surface area contributed by atoms with Crippen molar-refractivity contribution in [3.8, 4) is 0 Å². The van der Waals surface area contributed by atoms with E-state index in [0.29, 0.717) is 6.42 Å². The summed E-state index contributed by atoms with van der Waals surface area (Å²) >= 11 is 1.63. The summed E-state index contributed by atoms with van der Waals surface area (Å²) in [5.41, 5.74) is 8.37. The van der Waals surface area contributed by atoms with E-state index < -0.39 is 0 Å². The van der Waals surface area contributed by atoms with Crippen molar-refractivity contribution in [2.75, 3.05) is 5.32 Å². The topological polar surface area (TPSA) is 84.2 Å². The van der Waals surface area contributed by atoms with Gasteiger partial charge in [0.15, 0.2) is 0 Å². The fraction of sp³-hybridized carbons (Fsp3) is 0.481. The van der Waals surface area contributed by atoms with Gasteiger partial charge in [0.25, 0.3) is 0 Å². The third kappa shape index (κ3) is 10.9. The minimum absolute atomic E-state index is 0.0477. The van der Waals surface area contributed by atoms with Crippen LogP contribution in [0.4, 0.5) is 5.69 Å². The second-order valence-corrected chi connectivity index (χ2v) is 10.6. The van der Waals surface area contributed by atoms with Crippen LogP contribution < -0.4 is 15.8 Å². The fourth-order valence-corrected chi connectivity index (χ4v) is 4.34. The summed E-state index contributed by atoms with van der Waals surface area (Å²) in [5, 5.41) is 2.98. The Morgan fingerprint density at radius 1 is 1.03 bits per heavy atom. The molecule has 1 aliphatic rings. The van der Waals surface area contributed by atoms with Gasteiger partial charge in [-0.05, 0) is 88.2 Å². The van der Waals surface area contributed by atoms with Crippen LogP contribution in [0.5, 0.6) is 0 Å². The van der Waals surface area contributed by atoms with E-state index in [1.165, 1.54) is 29.7 Å². The molecule has 5 nitrogen and oxygen atoms in total. The maximum atomic E-state index is 12.1. The van der Waals surface area contributed by atoms with E-state index in [9.17, 15) is 9.59 Å². The van der Waals surface area contributed by atoms with Gasteiger partial charge in [0, 0.05) is 28.5 Å². The molecule has 6 heteroatoms. The van der Waals surface area contributed by atoms with E-state index in [1.807, 2.05) is 48.5 Å². The van der Waals surface area contributed by atoms with Crippen molar-refractivity contribution in [1.82, 2.24) is 4.72 Å². The number of hydrogen-bond acceptors (Lipinski definition) is 4. The number of carbonyl (C=O) groups is 2. The number of rotatable bonds is 7. The van der Waals surface area contributed by atoms with Gasteiger partial charge in [-0.1, -0.05) is 49.6 Å². The Kier molecular flexibility index (Phi) is 10.9. The summed E-state index contributed by atoms with van der Waals surface area (Å²) < 4.78 is 3.41. The smallest absolute Gasteiger partial charge is 0.224 e. The summed E-state index contributed by atoms with van der Waals surface area (Å²) in [6.07, 6.45) is 6.95. The van der Waals surface area contributed by atoms with Crippen LogP contribution in [0.2, 0.25) is 0 Å². The predicted octanol–water partition coefficient (Wildman–Crippen LogP) is 6.01. The highest BCUT2D eigenvalue weighted by Crippen LogP contribution is 2.25. The second kappa shape index (κ2) is 13.4. The molecule has 1 fully saturated rings. The molecule has 0 atom stereocenters. The molecule has 0 saturated heterocycles. The Balaban J connectivity index is 0.000000357. The third-order valence-corrected chi connectivity index (χ3v) is 6.81. The van der Waals surface area contributed by atoms with Gasteiger partial charge in [-0.15, -0.1) is 0 Å². The largest absolute Gasteiger partial charge is 0.369 e. The predicted molar refractivity (Wildman–Crippen MR) is 139 cm³/mol. The summed E-state index contributed by atoms with van der Waals surface area (Å²) in [7, 11) is 0. The van der Waals surface area contributed by atoms with Crippen LogP contribution in [0.3, 0.4) is 0 Å². The molecule has 0 spiro atoms. The first kappa shape index (κ1) is 26.9. The first-order valence-corrected chi connectivity index (χ1v) is 12.6. The molecule has 1 aliphatic carbocycles. The van der Waals surface area contributed by atoms with Gasteiger partial charge in [-0.2, -0.15) is 0 Å². The lowest BCUT2D eigenvalue weighted by Crippen LogP contribution is -2.29. The van der Waals surface area contributed by atoms with E-state index in [0.717, 1.165) is 30.5 Å². The number of primary amides is 1. The van der Waals surface area contributed by atoms with Gasteiger partial charge >= 0.3 is 0 Å². The zero-order valence-electron chi connectivity index (χ0n) is 20.4. The molecule has 4 N–H and O–H groups in total. The lowest BCUT2D eigenvalue weighted by atomic mass is 9.89. The zero-order valence-corrected chi connectivity index (χ0v) is 21.3. The Morgan fingerprint density at radius 3 is 2.24 bits per heavy atom. The number of carbonyl (C=O) groups excluding carboxylic acids is 2. The monoisotopic (exact) mass is 469 g/mol. The van der Waals surface area contributed by atoms with Crippen molar-refractivity contribution in [2.24, 2.45) is 11.7 Å². The van der Waals surface area contributed by atoms with E-state index in [4.69, 9.17) is 5.73 Å². The van der Waals surface area contributed by atoms with Crippen molar-refractivity contribution in [1.29, 1.82) is 0 Å². The van der Waals surface area contributed by atoms with Gasteiger partial charge < -0.3 is 11.1 Å². The third-order valence-electron chi connectivity index (χ3n) is 5.42. The highest BCUT2D eigenvalue weighted by atomic mass is 32.2. The van der Waals surface area contributed by atoms with E-state index in [1.54, 1.807) is 11.9 Å². The maximum Gasteiger partial charge on any atom is 0.224 e. The van der Waals surface area contributed by atoms with Gasteiger partial charge in [-0.3, -0.25) is 14.3 Å². The van der Waals surface area contributed by atoms with Crippen LogP contribution in [0.15, 0.2) is 53.4 Å². The van der Waals surface area contributed by atoms with Crippen LogP contribution in [-0.4, -0.2) is 17.4 Å². The molecule has 0 aromatic heterocycles. The molecule has 0 bridgehead atoms. The molecule has 2 aromatic rings. The molecule has 0 unspecified atom stereocenters. The number of amides is 2. The van der Waals surface area contributed by atoms with Crippen molar-refractivity contribution < 1.29 is 9.59 Å². The quantitative estimate of drug-likeness (QED) is 0.433.